The van der Waals surface area contributed by atoms with Crippen LogP contribution in [-0.2, 0) is 15.6 Å². The van der Waals surface area contributed by atoms with Gasteiger partial charge in [-0.25, -0.2) is 8.42 Å². The van der Waals surface area contributed by atoms with Gasteiger partial charge < -0.3 is 4.74 Å². The lowest BCUT2D eigenvalue weighted by atomic mass is 10.2. The average Bonchev–Trinajstić information content (AvgIpc) is 2.86. The van der Waals surface area contributed by atoms with Gasteiger partial charge in [0.05, 0.1) is 12.9 Å². The van der Waals surface area contributed by atoms with Crippen molar-refractivity contribution >= 4 is 32.8 Å². The lowest BCUT2D eigenvalue weighted by Gasteiger charge is -2.06. The van der Waals surface area contributed by atoms with Crippen molar-refractivity contribution in [2.75, 3.05) is 7.11 Å². The first-order chi connectivity index (χ1) is 8.53. The lowest BCUT2D eigenvalue weighted by Crippen LogP contribution is -2.03. The van der Waals surface area contributed by atoms with Crippen LogP contribution in [0.5, 0.6) is 5.75 Å². The van der Waals surface area contributed by atoms with Gasteiger partial charge in [0.25, 0.3) is 0 Å². The molecule has 18 heavy (non-hydrogen) atoms. The molecule has 0 saturated heterocycles. The van der Waals surface area contributed by atoms with E-state index in [1.54, 1.807) is 35.7 Å². The Morgan fingerprint density at radius 2 is 2.11 bits per heavy atom. The van der Waals surface area contributed by atoms with Gasteiger partial charge in [0.2, 0.25) is 0 Å². The molecule has 0 amide bonds. The van der Waals surface area contributed by atoms with Gasteiger partial charge in [0.15, 0.2) is 9.84 Å². The van der Waals surface area contributed by atoms with Crippen molar-refractivity contribution in [2.45, 2.75) is 9.96 Å². The maximum absolute atomic E-state index is 12.1. The molecule has 0 fully saturated rings. The second kappa shape index (κ2) is 5.30. The van der Waals surface area contributed by atoms with E-state index in [1.165, 1.54) is 18.4 Å². The number of thiophene rings is 1. The summed E-state index contributed by atoms with van der Waals surface area (Å²) in [6.07, 6.45) is 0. The number of ether oxygens (including phenoxy) is 1. The zero-order chi connectivity index (χ0) is 13.2. The van der Waals surface area contributed by atoms with E-state index in [9.17, 15) is 8.42 Å². The third-order valence-corrected chi connectivity index (χ3v) is 5.91. The Hall–Kier alpha value is -1.04. The van der Waals surface area contributed by atoms with Crippen molar-refractivity contribution < 1.29 is 13.2 Å². The molecule has 0 N–H and O–H groups in total. The fourth-order valence-electron chi connectivity index (χ4n) is 1.49. The number of sulfone groups is 1. The molecule has 0 spiro atoms. The molecule has 1 aromatic carbocycles. The van der Waals surface area contributed by atoms with Crippen molar-refractivity contribution in [3.63, 3.8) is 0 Å². The van der Waals surface area contributed by atoms with Crippen LogP contribution in [0.15, 0.2) is 39.9 Å². The smallest absolute Gasteiger partial charge is 0.191 e. The molecule has 0 saturated carbocycles. The number of methoxy groups -OCH3 is 1. The molecular weight excluding hydrogens is 292 g/mol. The summed E-state index contributed by atoms with van der Waals surface area (Å²) >= 11 is 7.24. The maximum Gasteiger partial charge on any atom is 0.191 e. The van der Waals surface area contributed by atoms with E-state index in [4.69, 9.17) is 16.3 Å². The first-order valence-corrected chi connectivity index (χ1v) is 8.02. The molecule has 1 heterocycles. The predicted octanol–water partition coefficient (Wildman–Crippen LogP) is 3.38. The minimum absolute atomic E-state index is 0.101. The molecule has 6 heteroatoms. The van der Waals surface area contributed by atoms with Gasteiger partial charge in [-0.2, -0.15) is 0 Å². The normalized spacial score (nSPS) is 11.4. The van der Waals surface area contributed by atoms with Gasteiger partial charge in [0, 0.05) is 5.02 Å². The van der Waals surface area contributed by atoms with E-state index in [0.717, 1.165) is 0 Å². The van der Waals surface area contributed by atoms with Gasteiger partial charge >= 0.3 is 0 Å². The third-order valence-electron chi connectivity index (χ3n) is 2.41. The number of benzene rings is 1. The molecule has 0 radical (unpaired) electrons. The van der Waals surface area contributed by atoms with Crippen molar-refractivity contribution in [1.29, 1.82) is 0 Å². The summed E-state index contributed by atoms with van der Waals surface area (Å²) in [5, 5.41) is 2.14. The highest BCUT2D eigenvalue weighted by Crippen LogP contribution is 2.27. The Balaban J connectivity index is 2.30. The van der Waals surface area contributed by atoms with Crippen molar-refractivity contribution in [3.8, 4) is 5.75 Å². The van der Waals surface area contributed by atoms with Gasteiger partial charge in [-0.3, -0.25) is 0 Å². The van der Waals surface area contributed by atoms with E-state index in [1.807, 2.05) is 0 Å². The molecule has 1 aromatic heterocycles. The molecule has 96 valence electrons. The highest BCUT2D eigenvalue weighted by Gasteiger charge is 2.18. The first kappa shape index (κ1) is 13.4. The average molecular weight is 303 g/mol. The summed E-state index contributed by atoms with van der Waals surface area (Å²) < 4.78 is 29.6. The standard InChI is InChI=1S/C12H11ClO3S2/c1-16-10-5-4-9(11(13)7-10)8-18(14,15)12-3-2-6-17-12/h2-7H,8H2,1H3. The fraction of sp³-hybridized carbons (Fsp3) is 0.167. The summed E-state index contributed by atoms with van der Waals surface area (Å²) in [7, 11) is -1.78. The van der Waals surface area contributed by atoms with E-state index < -0.39 is 9.84 Å². The molecule has 2 rings (SSSR count). The number of hydrogen-bond donors (Lipinski definition) is 0. The SMILES string of the molecule is COc1ccc(CS(=O)(=O)c2cccs2)c(Cl)c1. The van der Waals surface area contributed by atoms with Gasteiger partial charge in [-0.05, 0) is 29.1 Å². The van der Waals surface area contributed by atoms with Crippen LogP contribution < -0.4 is 4.74 Å². The highest BCUT2D eigenvalue weighted by atomic mass is 35.5. The Labute approximate surface area is 115 Å². The molecule has 0 aliphatic rings. The van der Waals surface area contributed by atoms with E-state index in [-0.39, 0.29) is 5.75 Å². The van der Waals surface area contributed by atoms with Crippen LogP contribution in [0.4, 0.5) is 0 Å². The van der Waals surface area contributed by atoms with Crippen LogP contribution in [0, 0.1) is 0 Å². The summed E-state index contributed by atoms with van der Waals surface area (Å²) in [5.74, 6) is 0.508. The maximum atomic E-state index is 12.1. The number of rotatable bonds is 4. The second-order valence-electron chi connectivity index (χ2n) is 3.65. The summed E-state index contributed by atoms with van der Waals surface area (Å²) in [6.45, 7) is 0. The third kappa shape index (κ3) is 2.85. The number of hydrogen-bond acceptors (Lipinski definition) is 4. The van der Waals surface area contributed by atoms with Crippen LogP contribution in [0.25, 0.3) is 0 Å². The molecule has 0 bridgehead atoms. The molecule has 0 atom stereocenters. The minimum Gasteiger partial charge on any atom is -0.497 e. The zero-order valence-corrected chi connectivity index (χ0v) is 12.0. The van der Waals surface area contributed by atoms with Gasteiger partial charge in [-0.15, -0.1) is 11.3 Å². The predicted molar refractivity (Wildman–Crippen MR) is 73.2 cm³/mol. The second-order valence-corrected chi connectivity index (χ2v) is 7.22. The van der Waals surface area contributed by atoms with Crippen molar-refractivity contribution in [1.82, 2.24) is 0 Å². The Morgan fingerprint density at radius 1 is 1.33 bits per heavy atom. The quantitative estimate of drug-likeness (QED) is 0.869. The summed E-state index contributed by atoms with van der Waals surface area (Å²) in [6, 6.07) is 8.29. The largest absolute Gasteiger partial charge is 0.497 e. The van der Waals surface area contributed by atoms with Gasteiger partial charge in [0.1, 0.15) is 9.96 Å². The van der Waals surface area contributed by atoms with E-state index in [2.05, 4.69) is 0 Å². The number of halogens is 1. The Morgan fingerprint density at radius 3 is 2.67 bits per heavy atom. The molecule has 0 aliphatic heterocycles. The molecular formula is C12H11ClO3S2. The summed E-state index contributed by atoms with van der Waals surface area (Å²) in [5.41, 5.74) is 0.575. The monoisotopic (exact) mass is 302 g/mol. The van der Waals surface area contributed by atoms with Crippen LogP contribution >= 0.6 is 22.9 Å². The van der Waals surface area contributed by atoms with Crippen LogP contribution in [0.2, 0.25) is 5.02 Å². The summed E-state index contributed by atoms with van der Waals surface area (Å²) in [4.78, 5) is 0. The molecule has 0 unspecified atom stereocenters. The lowest BCUT2D eigenvalue weighted by molar-refractivity contribution is 0.414. The Bertz CT molecular complexity index is 633. The Kier molecular flexibility index (Phi) is 3.94. The van der Waals surface area contributed by atoms with E-state index >= 15 is 0 Å². The molecule has 3 nitrogen and oxygen atoms in total. The topological polar surface area (TPSA) is 43.4 Å². The van der Waals surface area contributed by atoms with E-state index in [0.29, 0.717) is 20.5 Å². The van der Waals surface area contributed by atoms with Crippen molar-refractivity contribution in [2.24, 2.45) is 0 Å². The molecule has 2 aromatic rings. The first-order valence-electron chi connectivity index (χ1n) is 5.11. The van der Waals surface area contributed by atoms with Crippen LogP contribution in [0.3, 0.4) is 0 Å². The zero-order valence-electron chi connectivity index (χ0n) is 9.59. The van der Waals surface area contributed by atoms with Crippen LogP contribution in [-0.4, -0.2) is 15.5 Å². The minimum atomic E-state index is -3.32. The van der Waals surface area contributed by atoms with Crippen molar-refractivity contribution in [3.05, 3.63) is 46.3 Å². The van der Waals surface area contributed by atoms with Crippen LogP contribution in [0.1, 0.15) is 5.56 Å². The van der Waals surface area contributed by atoms with Gasteiger partial charge in [-0.1, -0.05) is 23.7 Å². The fourth-order valence-corrected chi connectivity index (χ4v) is 4.27. The molecule has 0 aliphatic carbocycles. The highest BCUT2D eigenvalue weighted by molar-refractivity contribution is 7.92.